The molecule has 0 saturated carbocycles. The molecule has 0 saturated heterocycles. The fourth-order valence-corrected chi connectivity index (χ4v) is 3.21. The highest BCUT2D eigenvalue weighted by Gasteiger charge is 2.17. The van der Waals surface area contributed by atoms with Crippen molar-refractivity contribution in [1.29, 1.82) is 0 Å². The molecule has 0 aliphatic heterocycles. The fraction of sp³-hybridized carbons (Fsp3) is 0.556. The van der Waals surface area contributed by atoms with Crippen molar-refractivity contribution in [3.05, 3.63) is 29.8 Å². The Morgan fingerprint density at radius 3 is 2.44 bits per heavy atom. The van der Waals surface area contributed by atoms with Crippen molar-refractivity contribution in [3.8, 4) is 0 Å². The van der Waals surface area contributed by atoms with Crippen LogP contribution in [-0.2, 0) is 14.8 Å². The van der Waals surface area contributed by atoms with Gasteiger partial charge in [0.25, 0.3) is 5.91 Å². The van der Waals surface area contributed by atoms with Gasteiger partial charge in [0, 0.05) is 30.9 Å². The highest BCUT2D eigenvalue weighted by molar-refractivity contribution is 7.88. The van der Waals surface area contributed by atoms with Crippen molar-refractivity contribution >= 4 is 27.7 Å². The monoisotopic (exact) mass is 399 g/mol. The maximum absolute atomic E-state index is 12.2. The number of nitrogens with one attached hydrogen (secondary N) is 2. The van der Waals surface area contributed by atoms with Crippen molar-refractivity contribution in [3.63, 3.8) is 0 Å². The highest BCUT2D eigenvalue weighted by Crippen LogP contribution is 2.13. The van der Waals surface area contributed by atoms with Crippen molar-refractivity contribution in [2.75, 3.05) is 31.2 Å². The van der Waals surface area contributed by atoms with Crippen LogP contribution in [0.2, 0.25) is 0 Å². The molecule has 9 heteroatoms. The molecule has 0 fully saturated rings. The molecular formula is C18H29N3O5S. The van der Waals surface area contributed by atoms with Crippen molar-refractivity contribution in [1.82, 2.24) is 9.62 Å². The molecule has 27 heavy (non-hydrogen) atoms. The zero-order valence-electron chi connectivity index (χ0n) is 16.5. The molecule has 2 amide bonds. The molecule has 0 aliphatic carbocycles. The van der Waals surface area contributed by atoms with E-state index in [0.717, 1.165) is 6.26 Å². The van der Waals surface area contributed by atoms with E-state index < -0.39 is 21.7 Å². The second-order valence-electron chi connectivity index (χ2n) is 7.07. The van der Waals surface area contributed by atoms with E-state index in [1.165, 1.54) is 4.31 Å². The lowest BCUT2D eigenvalue weighted by molar-refractivity contribution is 0.0635. The first kappa shape index (κ1) is 22.9. The topological polar surface area (TPSA) is 105 Å². The summed E-state index contributed by atoms with van der Waals surface area (Å²) in [5, 5.41) is 5.33. The summed E-state index contributed by atoms with van der Waals surface area (Å²) in [7, 11) is -3.23. The van der Waals surface area contributed by atoms with Gasteiger partial charge in [-0.25, -0.2) is 17.5 Å². The van der Waals surface area contributed by atoms with Crippen molar-refractivity contribution in [2.45, 2.75) is 39.7 Å². The fourth-order valence-electron chi connectivity index (χ4n) is 2.28. The number of benzene rings is 1. The van der Waals surface area contributed by atoms with E-state index in [2.05, 4.69) is 10.6 Å². The number of rotatable bonds is 8. The summed E-state index contributed by atoms with van der Waals surface area (Å²) in [6.45, 7) is 8.14. The van der Waals surface area contributed by atoms with Gasteiger partial charge in [0.2, 0.25) is 10.0 Å². The summed E-state index contributed by atoms with van der Waals surface area (Å²) in [4.78, 5) is 24.0. The average molecular weight is 400 g/mol. The second-order valence-corrected chi connectivity index (χ2v) is 9.05. The van der Waals surface area contributed by atoms with Gasteiger partial charge >= 0.3 is 6.09 Å². The third-order valence-corrected chi connectivity index (χ3v) is 4.84. The quantitative estimate of drug-likeness (QED) is 0.653. The molecule has 0 heterocycles. The van der Waals surface area contributed by atoms with Crippen LogP contribution in [-0.4, -0.2) is 56.2 Å². The summed E-state index contributed by atoms with van der Waals surface area (Å²) in [5.41, 5.74) is 0.224. The number of ether oxygens (including phenoxy) is 1. The Labute approximate surface area is 161 Å². The standard InChI is InChI=1S/C18H29N3O5S/c1-6-21(27(5,24)25)12-8-11-19-16(22)14-9-7-10-15(13-14)20-17(23)26-18(2,3)4/h7,9-10,13H,6,8,11-12H2,1-5H3,(H,19,22)(H,20,23). The molecule has 1 aromatic carbocycles. The van der Waals surface area contributed by atoms with E-state index in [0.29, 0.717) is 37.3 Å². The van der Waals surface area contributed by atoms with E-state index in [-0.39, 0.29) is 5.91 Å². The summed E-state index contributed by atoms with van der Waals surface area (Å²) < 4.78 is 29.6. The van der Waals surface area contributed by atoms with Crippen LogP contribution in [0.4, 0.5) is 10.5 Å². The SMILES string of the molecule is CCN(CCCNC(=O)c1cccc(NC(=O)OC(C)(C)C)c1)S(C)(=O)=O. The molecule has 0 spiro atoms. The summed E-state index contributed by atoms with van der Waals surface area (Å²) in [5.74, 6) is -0.301. The van der Waals surface area contributed by atoms with Gasteiger partial charge < -0.3 is 10.1 Å². The van der Waals surface area contributed by atoms with Crippen molar-refractivity contribution < 1.29 is 22.7 Å². The largest absolute Gasteiger partial charge is 0.444 e. The number of carbonyl (C=O) groups is 2. The molecule has 0 atom stereocenters. The number of amides is 2. The van der Waals surface area contributed by atoms with Crippen LogP contribution in [0.1, 0.15) is 44.5 Å². The molecule has 1 aromatic rings. The maximum atomic E-state index is 12.2. The van der Waals surface area contributed by atoms with E-state index in [9.17, 15) is 18.0 Å². The Bertz CT molecular complexity index is 757. The number of hydrogen-bond acceptors (Lipinski definition) is 5. The van der Waals surface area contributed by atoms with Gasteiger partial charge in [-0.15, -0.1) is 0 Å². The lowest BCUT2D eigenvalue weighted by Gasteiger charge is -2.19. The van der Waals surface area contributed by atoms with Gasteiger partial charge in [-0.3, -0.25) is 10.1 Å². The summed E-state index contributed by atoms with van der Waals surface area (Å²) in [6.07, 6.45) is 1.07. The van der Waals surface area contributed by atoms with Crippen LogP contribution in [0.5, 0.6) is 0 Å². The van der Waals surface area contributed by atoms with E-state index in [1.807, 2.05) is 0 Å². The Balaban J connectivity index is 2.55. The van der Waals surface area contributed by atoms with E-state index in [1.54, 1.807) is 52.0 Å². The van der Waals surface area contributed by atoms with Gasteiger partial charge in [0.05, 0.1) is 6.26 Å². The Kier molecular flexibility index (Phi) is 8.23. The Morgan fingerprint density at radius 2 is 1.89 bits per heavy atom. The normalized spacial score (nSPS) is 11.9. The zero-order chi connectivity index (χ0) is 20.7. The molecular weight excluding hydrogens is 370 g/mol. The van der Waals surface area contributed by atoms with E-state index in [4.69, 9.17) is 4.74 Å². The molecule has 1 rings (SSSR count). The van der Waals surface area contributed by atoms with E-state index >= 15 is 0 Å². The maximum Gasteiger partial charge on any atom is 0.412 e. The number of carbonyl (C=O) groups excluding carboxylic acids is 2. The van der Waals surface area contributed by atoms with Gasteiger partial charge in [-0.2, -0.15) is 0 Å². The Morgan fingerprint density at radius 1 is 1.22 bits per heavy atom. The van der Waals surface area contributed by atoms with Crippen LogP contribution in [0.25, 0.3) is 0 Å². The lowest BCUT2D eigenvalue weighted by atomic mass is 10.2. The summed E-state index contributed by atoms with van der Waals surface area (Å²) >= 11 is 0. The third-order valence-electron chi connectivity index (χ3n) is 3.46. The third kappa shape index (κ3) is 8.87. The van der Waals surface area contributed by atoms with Gasteiger partial charge in [-0.1, -0.05) is 13.0 Å². The second kappa shape index (κ2) is 9.70. The minimum Gasteiger partial charge on any atom is -0.444 e. The molecule has 0 aromatic heterocycles. The first-order valence-corrected chi connectivity index (χ1v) is 10.6. The lowest BCUT2D eigenvalue weighted by Crippen LogP contribution is -2.33. The van der Waals surface area contributed by atoms with Crippen molar-refractivity contribution in [2.24, 2.45) is 0 Å². The molecule has 152 valence electrons. The smallest absolute Gasteiger partial charge is 0.412 e. The Hall–Kier alpha value is -2.13. The van der Waals surface area contributed by atoms with Crippen LogP contribution in [0.3, 0.4) is 0 Å². The molecule has 0 unspecified atom stereocenters. The van der Waals surface area contributed by atoms with Gasteiger partial charge in [0.1, 0.15) is 5.60 Å². The number of anilines is 1. The first-order valence-electron chi connectivity index (χ1n) is 8.76. The average Bonchev–Trinajstić information content (AvgIpc) is 2.51. The molecule has 0 aliphatic rings. The predicted octanol–water partition coefficient (Wildman–Crippen LogP) is 2.44. The summed E-state index contributed by atoms with van der Waals surface area (Å²) in [6, 6.07) is 6.49. The van der Waals surface area contributed by atoms with Gasteiger partial charge in [0.15, 0.2) is 0 Å². The highest BCUT2D eigenvalue weighted by atomic mass is 32.2. The van der Waals surface area contributed by atoms with Crippen LogP contribution < -0.4 is 10.6 Å². The predicted molar refractivity (Wildman–Crippen MR) is 105 cm³/mol. The number of nitrogens with zero attached hydrogens (tertiary/aromatic N) is 1. The first-order chi connectivity index (χ1) is 12.4. The van der Waals surface area contributed by atoms with Crippen LogP contribution >= 0.6 is 0 Å². The zero-order valence-corrected chi connectivity index (χ0v) is 17.4. The number of sulfonamides is 1. The van der Waals surface area contributed by atoms with Crippen LogP contribution in [0.15, 0.2) is 24.3 Å². The molecule has 0 radical (unpaired) electrons. The van der Waals surface area contributed by atoms with Gasteiger partial charge in [-0.05, 0) is 45.4 Å². The minimum atomic E-state index is -3.23. The molecule has 8 nitrogen and oxygen atoms in total. The number of hydrogen-bond donors (Lipinski definition) is 2. The minimum absolute atomic E-state index is 0.301. The molecule has 2 N–H and O–H groups in total. The molecule has 0 bridgehead atoms. The van der Waals surface area contributed by atoms with Crippen LogP contribution in [0, 0.1) is 0 Å².